The number of hydrogen-bond acceptors (Lipinski definition) is 6. The van der Waals surface area contributed by atoms with Crippen molar-refractivity contribution in [2.24, 2.45) is 0 Å². The number of aliphatic hydroxyl groups is 1. The molecule has 8 nitrogen and oxygen atoms in total. The van der Waals surface area contributed by atoms with E-state index in [0.29, 0.717) is 0 Å². The Labute approximate surface area is 151 Å². The molecule has 1 amide bonds. The molecule has 0 saturated heterocycles. The van der Waals surface area contributed by atoms with E-state index in [4.69, 9.17) is 39.5 Å². The molecule has 0 spiro atoms. The highest BCUT2D eigenvalue weighted by atomic mass is 35.5. The van der Waals surface area contributed by atoms with Gasteiger partial charge in [-0.05, 0) is 17.7 Å². The summed E-state index contributed by atoms with van der Waals surface area (Å²) in [7, 11) is 0. The number of nitro groups is 1. The molecule has 1 aromatic carbocycles. The van der Waals surface area contributed by atoms with E-state index in [1.54, 1.807) is 0 Å². The van der Waals surface area contributed by atoms with Crippen molar-refractivity contribution in [3.8, 4) is 0 Å². The fourth-order valence-electron chi connectivity index (χ4n) is 1.70. The number of carbonyl (C=O) groups is 2. The van der Waals surface area contributed by atoms with Gasteiger partial charge in [-0.2, -0.15) is 0 Å². The minimum absolute atomic E-state index is 0.165. The number of aliphatic hydroxyl groups excluding tert-OH is 1. The zero-order chi connectivity index (χ0) is 18.3. The fraction of sp³-hybridized carbons (Fsp3) is 0.385. The van der Waals surface area contributed by atoms with Crippen LogP contribution in [0.2, 0.25) is 0 Å². The third-order valence-corrected chi connectivity index (χ3v) is 3.50. The number of benzene rings is 1. The fourth-order valence-corrected chi connectivity index (χ4v) is 1.91. The molecule has 0 aliphatic rings. The maximum absolute atomic E-state index is 11.6. The summed E-state index contributed by atoms with van der Waals surface area (Å²) in [6, 6.07) is 3.92. The van der Waals surface area contributed by atoms with Crippen molar-refractivity contribution in [1.29, 1.82) is 0 Å². The highest BCUT2D eigenvalue weighted by Crippen LogP contribution is 2.21. The van der Waals surface area contributed by atoms with Gasteiger partial charge in [-0.3, -0.25) is 19.7 Å². The van der Waals surface area contributed by atoms with Gasteiger partial charge < -0.3 is 15.2 Å². The quantitative estimate of drug-likeness (QED) is 0.297. The molecular formula is C13H13Cl3N2O6. The molecule has 132 valence electrons. The topological polar surface area (TPSA) is 119 Å². The van der Waals surface area contributed by atoms with Crippen LogP contribution in [0.5, 0.6) is 0 Å². The van der Waals surface area contributed by atoms with Crippen molar-refractivity contribution in [2.45, 2.75) is 17.0 Å². The van der Waals surface area contributed by atoms with Crippen LogP contribution in [-0.4, -0.2) is 45.3 Å². The van der Waals surface area contributed by atoms with Gasteiger partial charge in [-0.15, -0.1) is 11.6 Å². The van der Waals surface area contributed by atoms with Gasteiger partial charge in [0, 0.05) is 12.1 Å². The predicted octanol–water partition coefficient (Wildman–Crippen LogP) is 1.70. The van der Waals surface area contributed by atoms with Crippen LogP contribution < -0.4 is 5.32 Å². The molecule has 0 aliphatic carbocycles. The van der Waals surface area contributed by atoms with Crippen LogP contribution in [0.4, 0.5) is 5.69 Å². The molecular weight excluding hydrogens is 387 g/mol. The molecule has 1 aromatic rings. The van der Waals surface area contributed by atoms with E-state index in [9.17, 15) is 24.8 Å². The Morgan fingerprint density at radius 3 is 2.33 bits per heavy atom. The number of alkyl halides is 3. The second-order valence-corrected chi connectivity index (χ2v) is 5.89. The number of rotatable bonds is 8. The lowest BCUT2D eigenvalue weighted by atomic mass is 10.0. The lowest BCUT2D eigenvalue weighted by molar-refractivity contribution is -0.384. The number of hydrogen-bond donors (Lipinski definition) is 2. The van der Waals surface area contributed by atoms with E-state index in [-0.39, 0.29) is 11.3 Å². The van der Waals surface area contributed by atoms with Crippen LogP contribution in [0, 0.1) is 10.1 Å². The van der Waals surface area contributed by atoms with E-state index >= 15 is 0 Å². The molecule has 0 aliphatic heterocycles. The standard InChI is InChI=1S/C13H13Cl3N2O6/c14-5-10(19)24-6-9(17-13(21)12(15)16)11(20)7-1-3-8(4-2-7)18(22)23/h1-4,9,11-12,20H,5-6H2,(H,17,21)/t9-,11-/m1/s1. The number of nitrogens with zero attached hydrogens (tertiary/aromatic N) is 1. The molecule has 1 rings (SSSR count). The molecule has 0 heterocycles. The van der Waals surface area contributed by atoms with Crippen LogP contribution in [0.15, 0.2) is 24.3 Å². The Hall–Kier alpha value is -1.61. The highest BCUT2D eigenvalue weighted by Gasteiger charge is 2.27. The van der Waals surface area contributed by atoms with E-state index in [0.717, 1.165) is 0 Å². The first kappa shape index (κ1) is 20.4. The number of esters is 1. The van der Waals surface area contributed by atoms with Gasteiger partial charge in [0.05, 0.1) is 11.0 Å². The maximum atomic E-state index is 11.6. The zero-order valence-electron chi connectivity index (χ0n) is 12.0. The van der Waals surface area contributed by atoms with Crippen molar-refractivity contribution in [1.82, 2.24) is 5.32 Å². The van der Waals surface area contributed by atoms with Gasteiger partial charge >= 0.3 is 5.97 Å². The lowest BCUT2D eigenvalue weighted by Crippen LogP contribution is -2.45. The summed E-state index contributed by atoms with van der Waals surface area (Å²) in [5, 5.41) is 23.3. The number of ether oxygens (including phenoxy) is 1. The Morgan fingerprint density at radius 2 is 1.88 bits per heavy atom. The SMILES string of the molecule is O=C(CCl)OC[C@@H](NC(=O)C(Cl)Cl)[C@H](O)c1ccc([N+](=O)[O-])cc1. The summed E-state index contributed by atoms with van der Waals surface area (Å²) in [5.41, 5.74) is 0.0928. The summed E-state index contributed by atoms with van der Waals surface area (Å²) in [5.74, 6) is -1.95. The van der Waals surface area contributed by atoms with Crippen LogP contribution in [0.25, 0.3) is 0 Å². The average Bonchev–Trinajstić information content (AvgIpc) is 2.57. The monoisotopic (exact) mass is 398 g/mol. The molecule has 0 unspecified atom stereocenters. The first-order valence-corrected chi connectivity index (χ1v) is 7.89. The molecule has 0 bridgehead atoms. The molecule has 0 fully saturated rings. The molecule has 11 heteroatoms. The van der Waals surface area contributed by atoms with Crippen molar-refractivity contribution >= 4 is 52.4 Å². The Bertz CT molecular complexity index is 596. The Balaban J connectivity index is 2.91. The normalized spacial score (nSPS) is 13.2. The van der Waals surface area contributed by atoms with E-state index in [2.05, 4.69) is 5.32 Å². The summed E-state index contributed by atoms with van der Waals surface area (Å²) >= 11 is 16.2. The van der Waals surface area contributed by atoms with Gasteiger partial charge in [0.1, 0.15) is 18.6 Å². The first-order valence-electron chi connectivity index (χ1n) is 6.48. The summed E-state index contributed by atoms with van der Waals surface area (Å²) in [6.07, 6.45) is -1.33. The van der Waals surface area contributed by atoms with Crippen LogP contribution >= 0.6 is 34.8 Å². The van der Waals surface area contributed by atoms with Gasteiger partial charge in [0.25, 0.3) is 11.6 Å². The number of carbonyl (C=O) groups excluding carboxylic acids is 2. The number of nitrogens with one attached hydrogen (secondary N) is 1. The number of halogens is 3. The van der Waals surface area contributed by atoms with E-state index in [1.165, 1.54) is 24.3 Å². The Kier molecular flexibility index (Phi) is 8.20. The van der Waals surface area contributed by atoms with Gasteiger partial charge in [-0.25, -0.2) is 0 Å². The van der Waals surface area contributed by atoms with Crippen LogP contribution in [0.1, 0.15) is 11.7 Å². The minimum atomic E-state index is -1.39. The molecule has 0 saturated carbocycles. The maximum Gasteiger partial charge on any atom is 0.320 e. The Morgan fingerprint density at radius 1 is 1.29 bits per heavy atom. The van der Waals surface area contributed by atoms with E-state index < -0.39 is 46.3 Å². The molecule has 0 aromatic heterocycles. The number of amides is 1. The largest absolute Gasteiger partial charge is 0.462 e. The molecule has 24 heavy (non-hydrogen) atoms. The van der Waals surface area contributed by atoms with Gasteiger partial charge in [0.2, 0.25) is 0 Å². The highest BCUT2D eigenvalue weighted by molar-refractivity contribution is 6.53. The third kappa shape index (κ3) is 6.12. The minimum Gasteiger partial charge on any atom is -0.462 e. The van der Waals surface area contributed by atoms with Gasteiger partial charge in [0.15, 0.2) is 4.84 Å². The number of non-ortho nitro benzene ring substituents is 1. The second kappa shape index (κ2) is 9.63. The van der Waals surface area contributed by atoms with Crippen molar-refractivity contribution < 1.29 is 24.4 Å². The summed E-state index contributed by atoms with van der Waals surface area (Å²) in [6.45, 7) is -0.393. The number of nitro benzene ring substituents is 1. The molecule has 2 atom stereocenters. The first-order chi connectivity index (χ1) is 11.3. The lowest BCUT2D eigenvalue weighted by Gasteiger charge is -2.24. The summed E-state index contributed by atoms with van der Waals surface area (Å²) < 4.78 is 4.80. The van der Waals surface area contributed by atoms with Crippen molar-refractivity contribution in [2.75, 3.05) is 12.5 Å². The van der Waals surface area contributed by atoms with Gasteiger partial charge in [-0.1, -0.05) is 23.2 Å². The van der Waals surface area contributed by atoms with Crippen LogP contribution in [-0.2, 0) is 14.3 Å². The van der Waals surface area contributed by atoms with Crippen molar-refractivity contribution in [3.63, 3.8) is 0 Å². The van der Waals surface area contributed by atoms with Crippen LogP contribution in [0.3, 0.4) is 0 Å². The zero-order valence-corrected chi connectivity index (χ0v) is 14.3. The smallest absolute Gasteiger partial charge is 0.320 e. The second-order valence-electron chi connectivity index (χ2n) is 4.53. The molecule has 2 N–H and O–H groups in total. The van der Waals surface area contributed by atoms with Crippen molar-refractivity contribution in [3.05, 3.63) is 39.9 Å². The third-order valence-electron chi connectivity index (χ3n) is 2.89. The van der Waals surface area contributed by atoms with E-state index in [1.807, 2.05) is 0 Å². The predicted molar refractivity (Wildman–Crippen MR) is 87.2 cm³/mol. The summed E-state index contributed by atoms with van der Waals surface area (Å²) in [4.78, 5) is 31.4. The average molecular weight is 400 g/mol. The molecule has 0 radical (unpaired) electrons.